The smallest absolute Gasteiger partial charge is 0.289 e. The van der Waals surface area contributed by atoms with Crippen molar-refractivity contribution in [2.75, 3.05) is 26.8 Å². The van der Waals surface area contributed by atoms with Gasteiger partial charge in [0.2, 0.25) is 0 Å². The fraction of sp³-hybridized carbons (Fsp3) is 0.333. The molecule has 4 rings (SSSR count). The molecule has 7 heteroatoms. The Hall–Kier alpha value is -3.06. The van der Waals surface area contributed by atoms with Gasteiger partial charge < -0.3 is 23.4 Å². The number of methoxy groups -OCH3 is 1. The number of benzene rings is 1. The summed E-state index contributed by atoms with van der Waals surface area (Å²) in [5.74, 6) is 1.80. The minimum absolute atomic E-state index is 0.0508. The topological polar surface area (TPSA) is 69.7 Å². The molecule has 1 fully saturated rings. The summed E-state index contributed by atoms with van der Waals surface area (Å²) in [6, 6.07) is 11.5. The molecule has 1 aromatic carbocycles. The second kappa shape index (κ2) is 8.31. The number of rotatable bonds is 6. The lowest BCUT2D eigenvalue weighted by atomic mass is 10.1. The molecule has 7 nitrogen and oxygen atoms in total. The molecule has 28 heavy (non-hydrogen) atoms. The Kier molecular flexibility index (Phi) is 5.43. The first-order valence-electron chi connectivity index (χ1n) is 9.29. The highest BCUT2D eigenvalue weighted by Gasteiger charge is 2.27. The zero-order chi connectivity index (χ0) is 19.3. The Morgan fingerprint density at radius 1 is 1.32 bits per heavy atom. The Morgan fingerprint density at radius 3 is 3.07 bits per heavy atom. The summed E-state index contributed by atoms with van der Waals surface area (Å²) in [4.78, 5) is 18.7. The van der Waals surface area contributed by atoms with Crippen molar-refractivity contribution in [3.05, 3.63) is 72.2 Å². The van der Waals surface area contributed by atoms with Gasteiger partial charge in [0, 0.05) is 31.9 Å². The maximum Gasteiger partial charge on any atom is 0.289 e. The molecule has 0 aliphatic carbocycles. The van der Waals surface area contributed by atoms with Crippen LogP contribution in [0.5, 0.6) is 5.75 Å². The minimum Gasteiger partial charge on any atom is -0.497 e. The van der Waals surface area contributed by atoms with Crippen LogP contribution in [0.4, 0.5) is 0 Å². The molecule has 1 atom stereocenters. The lowest BCUT2D eigenvalue weighted by Gasteiger charge is -2.32. The average molecular weight is 381 g/mol. The van der Waals surface area contributed by atoms with Crippen LogP contribution in [0.1, 0.15) is 21.9 Å². The standard InChI is InChI=1S/C21H23N3O4/c1-26-17-4-2-3-16(11-17)12-19-14-24(9-10-27-19)21(25)20-6-5-18(28-20)13-23-8-7-22-15-23/h2-8,11,15,19H,9-10,12-14H2,1H3/t19-/m1/s1. The summed E-state index contributed by atoms with van der Waals surface area (Å²) in [6.07, 6.45) is 5.96. The molecular formula is C21H23N3O4. The number of furan rings is 1. The van der Waals surface area contributed by atoms with Gasteiger partial charge in [0.25, 0.3) is 5.91 Å². The van der Waals surface area contributed by atoms with Gasteiger partial charge >= 0.3 is 0 Å². The van der Waals surface area contributed by atoms with Crippen LogP contribution in [-0.4, -0.2) is 53.3 Å². The van der Waals surface area contributed by atoms with E-state index in [0.29, 0.717) is 32.0 Å². The summed E-state index contributed by atoms with van der Waals surface area (Å²) in [5.41, 5.74) is 1.12. The van der Waals surface area contributed by atoms with Gasteiger partial charge in [0.15, 0.2) is 5.76 Å². The van der Waals surface area contributed by atoms with Crippen molar-refractivity contribution < 1.29 is 18.7 Å². The summed E-state index contributed by atoms with van der Waals surface area (Å²) < 4.78 is 18.8. The summed E-state index contributed by atoms with van der Waals surface area (Å²) in [5, 5.41) is 0. The second-order valence-electron chi connectivity index (χ2n) is 6.80. The van der Waals surface area contributed by atoms with E-state index in [1.807, 2.05) is 41.1 Å². The van der Waals surface area contributed by atoms with E-state index in [0.717, 1.165) is 23.5 Å². The third-order valence-corrected chi connectivity index (χ3v) is 4.79. The third kappa shape index (κ3) is 4.26. The molecule has 0 spiro atoms. The van der Waals surface area contributed by atoms with Gasteiger partial charge in [0.05, 0.1) is 32.7 Å². The normalized spacial score (nSPS) is 16.9. The Morgan fingerprint density at radius 2 is 2.25 bits per heavy atom. The largest absolute Gasteiger partial charge is 0.497 e. The van der Waals surface area contributed by atoms with Crippen molar-refractivity contribution in [2.45, 2.75) is 19.1 Å². The number of hydrogen-bond acceptors (Lipinski definition) is 5. The van der Waals surface area contributed by atoms with Gasteiger partial charge in [-0.2, -0.15) is 0 Å². The maximum atomic E-state index is 12.9. The van der Waals surface area contributed by atoms with Crippen LogP contribution in [0.25, 0.3) is 0 Å². The number of imidazole rings is 1. The number of amides is 1. The van der Waals surface area contributed by atoms with E-state index in [-0.39, 0.29) is 12.0 Å². The third-order valence-electron chi connectivity index (χ3n) is 4.79. The van der Waals surface area contributed by atoms with Crippen molar-refractivity contribution in [1.82, 2.24) is 14.5 Å². The molecule has 1 aliphatic heterocycles. The minimum atomic E-state index is -0.101. The number of nitrogens with zero attached hydrogens (tertiary/aromatic N) is 3. The first-order valence-corrected chi connectivity index (χ1v) is 9.29. The SMILES string of the molecule is COc1cccc(C[C@@H]2CN(C(=O)c3ccc(Cn4ccnc4)o3)CCO2)c1. The zero-order valence-corrected chi connectivity index (χ0v) is 15.8. The number of aromatic nitrogens is 2. The quantitative estimate of drug-likeness (QED) is 0.657. The van der Waals surface area contributed by atoms with Crippen molar-refractivity contribution in [1.29, 1.82) is 0 Å². The second-order valence-corrected chi connectivity index (χ2v) is 6.80. The predicted molar refractivity (Wildman–Crippen MR) is 102 cm³/mol. The van der Waals surface area contributed by atoms with Crippen LogP contribution in [-0.2, 0) is 17.7 Å². The molecule has 0 N–H and O–H groups in total. The maximum absolute atomic E-state index is 12.9. The van der Waals surface area contributed by atoms with E-state index < -0.39 is 0 Å². The molecule has 1 saturated heterocycles. The zero-order valence-electron chi connectivity index (χ0n) is 15.8. The van der Waals surface area contributed by atoms with E-state index >= 15 is 0 Å². The highest BCUT2D eigenvalue weighted by Crippen LogP contribution is 2.19. The van der Waals surface area contributed by atoms with E-state index in [2.05, 4.69) is 4.98 Å². The van der Waals surface area contributed by atoms with E-state index in [1.54, 1.807) is 30.6 Å². The highest BCUT2D eigenvalue weighted by atomic mass is 16.5. The van der Waals surface area contributed by atoms with Crippen LogP contribution >= 0.6 is 0 Å². The van der Waals surface area contributed by atoms with Crippen LogP contribution in [0.2, 0.25) is 0 Å². The van der Waals surface area contributed by atoms with Crippen molar-refractivity contribution >= 4 is 5.91 Å². The van der Waals surface area contributed by atoms with Gasteiger partial charge in [-0.05, 0) is 29.8 Å². The number of morpholine rings is 1. The van der Waals surface area contributed by atoms with Crippen LogP contribution < -0.4 is 4.74 Å². The Labute approximate surface area is 163 Å². The molecule has 0 unspecified atom stereocenters. The Bertz CT molecular complexity index is 919. The monoisotopic (exact) mass is 381 g/mol. The van der Waals surface area contributed by atoms with Crippen molar-refractivity contribution in [3.63, 3.8) is 0 Å². The first kappa shape index (κ1) is 18.3. The van der Waals surface area contributed by atoms with Gasteiger partial charge in [-0.1, -0.05) is 12.1 Å². The fourth-order valence-corrected chi connectivity index (χ4v) is 3.38. The van der Waals surface area contributed by atoms with E-state index in [4.69, 9.17) is 13.9 Å². The van der Waals surface area contributed by atoms with Crippen LogP contribution in [0, 0.1) is 0 Å². The van der Waals surface area contributed by atoms with E-state index in [1.165, 1.54) is 0 Å². The molecule has 3 heterocycles. The molecule has 1 aliphatic rings. The van der Waals surface area contributed by atoms with Crippen molar-refractivity contribution in [3.8, 4) is 5.75 Å². The van der Waals surface area contributed by atoms with Gasteiger partial charge in [-0.3, -0.25) is 4.79 Å². The molecule has 0 radical (unpaired) electrons. The highest BCUT2D eigenvalue weighted by molar-refractivity contribution is 5.91. The first-order chi connectivity index (χ1) is 13.7. The number of carbonyl (C=O) groups is 1. The molecule has 0 saturated carbocycles. The van der Waals surface area contributed by atoms with Gasteiger partial charge in [0.1, 0.15) is 11.5 Å². The molecular weight excluding hydrogens is 358 g/mol. The summed E-state index contributed by atoms with van der Waals surface area (Å²) in [7, 11) is 1.65. The molecule has 2 aromatic heterocycles. The van der Waals surface area contributed by atoms with Crippen LogP contribution in [0.15, 0.2) is 59.5 Å². The number of carbonyl (C=O) groups excluding carboxylic acids is 1. The lowest BCUT2D eigenvalue weighted by Crippen LogP contribution is -2.46. The summed E-state index contributed by atoms with van der Waals surface area (Å²) in [6.45, 7) is 2.16. The predicted octanol–water partition coefficient (Wildman–Crippen LogP) is 2.62. The number of ether oxygens (including phenoxy) is 2. The molecule has 3 aromatic rings. The Balaban J connectivity index is 1.38. The summed E-state index contributed by atoms with van der Waals surface area (Å²) >= 11 is 0. The molecule has 1 amide bonds. The van der Waals surface area contributed by atoms with Gasteiger partial charge in [-0.25, -0.2) is 4.98 Å². The number of hydrogen-bond donors (Lipinski definition) is 0. The lowest BCUT2D eigenvalue weighted by molar-refractivity contribution is -0.0218. The van der Waals surface area contributed by atoms with Crippen molar-refractivity contribution in [2.24, 2.45) is 0 Å². The fourth-order valence-electron chi connectivity index (χ4n) is 3.38. The molecule has 0 bridgehead atoms. The molecule has 146 valence electrons. The van der Waals surface area contributed by atoms with Gasteiger partial charge in [-0.15, -0.1) is 0 Å². The average Bonchev–Trinajstić information content (AvgIpc) is 3.40. The van der Waals surface area contributed by atoms with E-state index in [9.17, 15) is 4.79 Å². The van der Waals surface area contributed by atoms with Crippen LogP contribution in [0.3, 0.4) is 0 Å².